The fourth-order valence-electron chi connectivity index (χ4n) is 1.28. The molecule has 0 bridgehead atoms. The maximum Gasteiger partial charge on any atom is 0.0962 e. The smallest absolute Gasteiger partial charge is 0.0962 e. The number of rotatable bonds is 6. The van der Waals surface area contributed by atoms with Crippen LogP contribution in [-0.2, 0) is 19.6 Å². The molecule has 0 amide bonds. The van der Waals surface area contributed by atoms with Crippen LogP contribution in [0.1, 0.15) is 11.4 Å². The number of thiazole rings is 1. The van der Waals surface area contributed by atoms with E-state index in [9.17, 15) is 0 Å². The van der Waals surface area contributed by atoms with Crippen LogP contribution in [0.3, 0.4) is 0 Å². The van der Waals surface area contributed by atoms with E-state index in [1.165, 1.54) is 0 Å². The molecular formula is C9H14N6S. The molecular weight excluding hydrogens is 224 g/mol. The van der Waals surface area contributed by atoms with Crippen LogP contribution >= 0.6 is 11.3 Å². The van der Waals surface area contributed by atoms with Crippen LogP contribution in [0.4, 0.5) is 0 Å². The van der Waals surface area contributed by atoms with Crippen molar-refractivity contribution in [1.82, 2.24) is 25.3 Å². The van der Waals surface area contributed by atoms with Gasteiger partial charge in [-0.2, -0.15) is 0 Å². The molecule has 0 atom stereocenters. The molecule has 0 aromatic carbocycles. The van der Waals surface area contributed by atoms with Crippen LogP contribution < -0.4 is 11.1 Å². The summed E-state index contributed by atoms with van der Waals surface area (Å²) in [5.41, 5.74) is 9.17. The third-order valence-corrected chi connectivity index (χ3v) is 2.74. The first kappa shape index (κ1) is 11.2. The van der Waals surface area contributed by atoms with Gasteiger partial charge in [0.05, 0.1) is 23.4 Å². The van der Waals surface area contributed by atoms with Gasteiger partial charge in [0.25, 0.3) is 0 Å². The standard InChI is InChI=1S/C9H14N6S/c10-3-8-5-15(14-13-8)2-1-11-4-9-6-16-7-12-9/h5-7,11H,1-4,10H2. The molecule has 86 valence electrons. The van der Waals surface area contributed by atoms with Gasteiger partial charge in [0.1, 0.15) is 0 Å². The maximum absolute atomic E-state index is 5.44. The van der Waals surface area contributed by atoms with Gasteiger partial charge >= 0.3 is 0 Å². The monoisotopic (exact) mass is 238 g/mol. The molecule has 0 aliphatic carbocycles. The summed E-state index contributed by atoms with van der Waals surface area (Å²) in [6.07, 6.45) is 1.87. The lowest BCUT2D eigenvalue weighted by Crippen LogP contribution is -2.19. The van der Waals surface area contributed by atoms with Crippen LogP contribution in [-0.4, -0.2) is 26.5 Å². The van der Waals surface area contributed by atoms with Crippen molar-refractivity contribution in [3.63, 3.8) is 0 Å². The molecule has 2 rings (SSSR count). The number of aromatic nitrogens is 4. The Morgan fingerprint density at radius 2 is 2.38 bits per heavy atom. The number of nitrogens with one attached hydrogen (secondary N) is 1. The highest BCUT2D eigenvalue weighted by atomic mass is 32.1. The molecule has 2 aromatic heterocycles. The van der Waals surface area contributed by atoms with Crippen molar-refractivity contribution in [3.05, 3.63) is 28.5 Å². The zero-order valence-electron chi connectivity index (χ0n) is 8.83. The minimum atomic E-state index is 0.437. The van der Waals surface area contributed by atoms with Gasteiger partial charge in [-0.15, -0.1) is 16.4 Å². The van der Waals surface area contributed by atoms with Gasteiger partial charge < -0.3 is 11.1 Å². The van der Waals surface area contributed by atoms with E-state index in [0.29, 0.717) is 6.54 Å². The lowest BCUT2D eigenvalue weighted by atomic mass is 10.4. The minimum Gasteiger partial charge on any atom is -0.325 e. The van der Waals surface area contributed by atoms with E-state index >= 15 is 0 Å². The summed E-state index contributed by atoms with van der Waals surface area (Å²) < 4.78 is 1.79. The summed E-state index contributed by atoms with van der Waals surface area (Å²) in [4.78, 5) is 4.18. The second-order valence-corrected chi connectivity index (χ2v) is 4.05. The molecule has 3 N–H and O–H groups in total. The third kappa shape index (κ3) is 3.09. The molecule has 0 aliphatic heterocycles. The maximum atomic E-state index is 5.44. The molecule has 0 unspecified atom stereocenters. The van der Waals surface area contributed by atoms with E-state index < -0.39 is 0 Å². The highest BCUT2D eigenvalue weighted by molar-refractivity contribution is 7.07. The highest BCUT2D eigenvalue weighted by Gasteiger charge is 1.98. The van der Waals surface area contributed by atoms with E-state index in [1.54, 1.807) is 16.0 Å². The van der Waals surface area contributed by atoms with Gasteiger partial charge in [-0.3, -0.25) is 4.68 Å². The quantitative estimate of drug-likeness (QED) is 0.691. The van der Waals surface area contributed by atoms with E-state index in [4.69, 9.17) is 5.73 Å². The SMILES string of the molecule is NCc1cn(CCNCc2cscn2)nn1. The summed E-state index contributed by atoms with van der Waals surface area (Å²) in [6.45, 7) is 2.86. The zero-order chi connectivity index (χ0) is 11.2. The zero-order valence-corrected chi connectivity index (χ0v) is 9.65. The predicted molar refractivity (Wildman–Crippen MR) is 61.7 cm³/mol. The average Bonchev–Trinajstić information content (AvgIpc) is 2.95. The lowest BCUT2D eigenvalue weighted by Gasteiger charge is -2.01. The molecule has 0 fully saturated rings. The van der Waals surface area contributed by atoms with Crippen molar-refractivity contribution in [2.75, 3.05) is 6.54 Å². The number of nitrogens with zero attached hydrogens (tertiary/aromatic N) is 4. The van der Waals surface area contributed by atoms with Crippen molar-refractivity contribution < 1.29 is 0 Å². The summed E-state index contributed by atoms with van der Waals surface area (Å²) in [7, 11) is 0. The van der Waals surface area contributed by atoms with Crippen LogP contribution in [0, 0.1) is 0 Å². The average molecular weight is 238 g/mol. The van der Waals surface area contributed by atoms with E-state index in [2.05, 4.69) is 20.6 Å². The minimum absolute atomic E-state index is 0.437. The van der Waals surface area contributed by atoms with Gasteiger partial charge in [0.2, 0.25) is 0 Å². The van der Waals surface area contributed by atoms with Crippen LogP contribution in [0.15, 0.2) is 17.1 Å². The third-order valence-electron chi connectivity index (χ3n) is 2.10. The highest BCUT2D eigenvalue weighted by Crippen LogP contribution is 1.99. The van der Waals surface area contributed by atoms with Crippen molar-refractivity contribution in [2.45, 2.75) is 19.6 Å². The second-order valence-electron chi connectivity index (χ2n) is 3.33. The number of hydrogen-bond donors (Lipinski definition) is 2. The Labute approximate surface area is 97.5 Å². The molecule has 0 saturated heterocycles. The largest absolute Gasteiger partial charge is 0.325 e. The van der Waals surface area contributed by atoms with Crippen LogP contribution in [0.5, 0.6) is 0 Å². The Bertz CT molecular complexity index is 409. The van der Waals surface area contributed by atoms with E-state index in [1.807, 2.05) is 17.1 Å². The summed E-state index contributed by atoms with van der Waals surface area (Å²) in [5, 5.41) is 13.2. The van der Waals surface area contributed by atoms with Crippen molar-refractivity contribution in [3.8, 4) is 0 Å². The normalized spacial score (nSPS) is 10.8. The van der Waals surface area contributed by atoms with Gasteiger partial charge in [0.15, 0.2) is 0 Å². The molecule has 16 heavy (non-hydrogen) atoms. The summed E-state index contributed by atoms with van der Waals surface area (Å²) in [5.74, 6) is 0. The number of nitrogens with two attached hydrogens (primary N) is 1. The van der Waals surface area contributed by atoms with Gasteiger partial charge in [-0.25, -0.2) is 4.98 Å². The molecule has 2 aromatic rings. The fourth-order valence-corrected chi connectivity index (χ4v) is 1.83. The molecule has 2 heterocycles. The van der Waals surface area contributed by atoms with Crippen molar-refractivity contribution in [2.24, 2.45) is 5.73 Å². The van der Waals surface area contributed by atoms with Crippen molar-refractivity contribution in [1.29, 1.82) is 0 Å². The first-order valence-corrected chi connectivity index (χ1v) is 5.99. The Morgan fingerprint density at radius 3 is 3.06 bits per heavy atom. The first-order valence-electron chi connectivity index (χ1n) is 5.05. The van der Waals surface area contributed by atoms with Crippen LogP contribution in [0.2, 0.25) is 0 Å². The lowest BCUT2D eigenvalue weighted by molar-refractivity contribution is 0.538. The Kier molecular flexibility index (Phi) is 3.97. The Hall–Kier alpha value is -1.31. The van der Waals surface area contributed by atoms with Crippen LogP contribution in [0.25, 0.3) is 0 Å². The van der Waals surface area contributed by atoms with Gasteiger partial charge in [-0.05, 0) is 0 Å². The second kappa shape index (κ2) is 5.69. The molecule has 0 spiro atoms. The molecule has 0 aliphatic rings. The molecule has 0 saturated carbocycles. The van der Waals surface area contributed by atoms with Gasteiger partial charge in [0, 0.05) is 31.2 Å². The predicted octanol–water partition coefficient (Wildman–Crippen LogP) is -0.0169. The van der Waals surface area contributed by atoms with Crippen molar-refractivity contribution >= 4 is 11.3 Å². The fraction of sp³-hybridized carbons (Fsp3) is 0.444. The summed E-state index contributed by atoms with van der Waals surface area (Å²) >= 11 is 1.61. The summed E-state index contributed by atoms with van der Waals surface area (Å²) in [6, 6.07) is 0. The van der Waals surface area contributed by atoms with Gasteiger partial charge in [-0.1, -0.05) is 5.21 Å². The molecule has 7 heteroatoms. The molecule has 6 nitrogen and oxygen atoms in total. The molecule has 0 radical (unpaired) electrons. The van der Waals surface area contributed by atoms with E-state index in [0.717, 1.165) is 31.0 Å². The topological polar surface area (TPSA) is 81.6 Å². The number of hydrogen-bond acceptors (Lipinski definition) is 6. The Morgan fingerprint density at radius 1 is 1.44 bits per heavy atom. The Balaban J connectivity index is 1.68. The first-order chi connectivity index (χ1) is 7.88. The van der Waals surface area contributed by atoms with E-state index in [-0.39, 0.29) is 0 Å².